The number of hydrogen-bond donors (Lipinski definition) is 2. The molecule has 0 bridgehead atoms. The number of rotatable bonds is 7. The molecule has 1 atom stereocenters. The van der Waals surface area contributed by atoms with Crippen LogP contribution in [0.1, 0.15) is 47.4 Å². The first-order valence-corrected chi connectivity index (χ1v) is 8.19. The fourth-order valence-corrected chi connectivity index (χ4v) is 3.06. The van der Waals surface area contributed by atoms with Crippen molar-refractivity contribution < 1.29 is 9.90 Å². The van der Waals surface area contributed by atoms with Gasteiger partial charge in [-0.05, 0) is 64.8 Å². The summed E-state index contributed by atoms with van der Waals surface area (Å²) >= 11 is 0. The summed E-state index contributed by atoms with van der Waals surface area (Å²) in [7, 11) is 0. The van der Waals surface area contributed by atoms with Gasteiger partial charge in [-0.2, -0.15) is 0 Å². The van der Waals surface area contributed by atoms with Crippen molar-refractivity contribution in [2.75, 3.05) is 26.2 Å². The number of aryl methyl sites for hydroxylation is 2. The number of nitrogens with zero attached hydrogens (tertiary/aromatic N) is 2. The molecule has 1 saturated heterocycles. The lowest BCUT2D eigenvalue weighted by molar-refractivity contribution is 0.0951. The first-order valence-electron chi connectivity index (χ1n) is 8.19. The van der Waals surface area contributed by atoms with E-state index >= 15 is 0 Å². The Bertz CT molecular complexity index is 505. The highest BCUT2D eigenvalue weighted by atomic mass is 16.3. The van der Waals surface area contributed by atoms with Gasteiger partial charge in [0.05, 0.1) is 17.9 Å². The topological polar surface area (TPSA) is 65.5 Å². The van der Waals surface area contributed by atoms with Crippen molar-refractivity contribution in [3.8, 4) is 0 Å². The lowest BCUT2D eigenvalue weighted by Crippen LogP contribution is -2.33. The van der Waals surface area contributed by atoms with Crippen LogP contribution >= 0.6 is 0 Å². The van der Waals surface area contributed by atoms with Crippen LogP contribution in [0, 0.1) is 13.8 Å². The molecule has 0 aromatic carbocycles. The average molecular weight is 305 g/mol. The van der Waals surface area contributed by atoms with Crippen molar-refractivity contribution in [2.24, 2.45) is 0 Å². The van der Waals surface area contributed by atoms with Gasteiger partial charge >= 0.3 is 0 Å². The average Bonchev–Trinajstić information content (AvgIpc) is 2.94. The smallest absolute Gasteiger partial charge is 0.253 e. The van der Waals surface area contributed by atoms with Crippen molar-refractivity contribution in [3.05, 3.63) is 29.1 Å². The number of carbonyl (C=O) groups is 1. The number of hydrogen-bond acceptors (Lipinski definition) is 4. The summed E-state index contributed by atoms with van der Waals surface area (Å²) in [5, 5.41) is 12.2. The first kappa shape index (κ1) is 16.9. The summed E-state index contributed by atoms with van der Waals surface area (Å²) in [6, 6.07) is 4.05. The zero-order chi connectivity index (χ0) is 15.9. The number of unbranched alkanes of at least 4 members (excludes halogenated alkanes) is 1. The molecule has 0 spiro atoms. The number of nitrogens with one attached hydrogen (secondary N) is 1. The Morgan fingerprint density at radius 3 is 2.95 bits per heavy atom. The van der Waals surface area contributed by atoms with Gasteiger partial charge in [0.25, 0.3) is 5.91 Å². The van der Waals surface area contributed by atoms with Gasteiger partial charge in [0.1, 0.15) is 0 Å². The number of amides is 1. The van der Waals surface area contributed by atoms with Crippen molar-refractivity contribution in [1.29, 1.82) is 0 Å². The van der Waals surface area contributed by atoms with Crippen molar-refractivity contribution >= 4 is 5.91 Å². The van der Waals surface area contributed by atoms with Gasteiger partial charge in [-0.25, -0.2) is 0 Å². The minimum absolute atomic E-state index is 0.0422. The molecule has 1 amide bonds. The molecule has 5 nitrogen and oxygen atoms in total. The fraction of sp³-hybridized carbons (Fsp3) is 0.647. The number of pyridine rings is 1. The highest BCUT2D eigenvalue weighted by Crippen LogP contribution is 2.16. The van der Waals surface area contributed by atoms with E-state index in [-0.39, 0.29) is 12.5 Å². The van der Waals surface area contributed by atoms with E-state index in [1.807, 2.05) is 26.0 Å². The fourth-order valence-electron chi connectivity index (χ4n) is 3.06. The van der Waals surface area contributed by atoms with E-state index < -0.39 is 0 Å². The minimum Gasteiger partial charge on any atom is -0.395 e. The van der Waals surface area contributed by atoms with E-state index in [0.717, 1.165) is 43.7 Å². The van der Waals surface area contributed by atoms with E-state index in [1.54, 1.807) is 0 Å². The number of likely N-dealkylation sites (tertiary alicyclic amines) is 1. The number of aliphatic hydroxyl groups excluding tert-OH is 1. The molecule has 2 rings (SSSR count). The zero-order valence-corrected chi connectivity index (χ0v) is 13.6. The van der Waals surface area contributed by atoms with Crippen LogP contribution in [0.4, 0.5) is 0 Å². The van der Waals surface area contributed by atoms with Crippen LogP contribution in [0.25, 0.3) is 0 Å². The molecule has 2 heterocycles. The highest BCUT2D eigenvalue weighted by Gasteiger charge is 2.22. The van der Waals surface area contributed by atoms with Gasteiger partial charge in [0.2, 0.25) is 0 Å². The molecule has 1 aromatic heterocycles. The largest absolute Gasteiger partial charge is 0.395 e. The van der Waals surface area contributed by atoms with Gasteiger partial charge in [-0.3, -0.25) is 14.7 Å². The Labute approximate surface area is 132 Å². The van der Waals surface area contributed by atoms with Crippen LogP contribution < -0.4 is 5.32 Å². The van der Waals surface area contributed by atoms with Crippen LogP contribution in [0.2, 0.25) is 0 Å². The van der Waals surface area contributed by atoms with Crippen molar-refractivity contribution in [1.82, 2.24) is 15.2 Å². The molecule has 1 unspecified atom stereocenters. The summed E-state index contributed by atoms with van der Waals surface area (Å²) in [6.45, 7) is 6.83. The number of aromatic nitrogens is 1. The van der Waals surface area contributed by atoms with Gasteiger partial charge in [0.15, 0.2) is 0 Å². The minimum atomic E-state index is -0.0422. The first-order chi connectivity index (χ1) is 10.6. The van der Waals surface area contributed by atoms with E-state index in [4.69, 9.17) is 0 Å². The van der Waals surface area contributed by atoms with Crippen LogP contribution in [0.3, 0.4) is 0 Å². The third-order valence-electron chi connectivity index (χ3n) is 4.34. The van der Waals surface area contributed by atoms with Gasteiger partial charge < -0.3 is 10.4 Å². The second-order valence-electron chi connectivity index (χ2n) is 6.06. The second-order valence-corrected chi connectivity index (χ2v) is 6.06. The Hall–Kier alpha value is -1.46. The molecule has 22 heavy (non-hydrogen) atoms. The second kappa shape index (κ2) is 8.25. The zero-order valence-electron chi connectivity index (χ0n) is 13.6. The summed E-state index contributed by atoms with van der Waals surface area (Å²) in [4.78, 5) is 18.8. The maximum atomic E-state index is 12.1. The molecular weight excluding hydrogens is 278 g/mol. The molecule has 1 aliphatic rings. The molecule has 0 saturated carbocycles. The SMILES string of the molecule is Cc1ccc(C(=O)NCCCCN2CCCC2CO)c(C)n1. The van der Waals surface area contributed by atoms with E-state index in [1.165, 1.54) is 6.42 Å². The molecule has 1 aromatic rings. The van der Waals surface area contributed by atoms with Gasteiger partial charge in [-0.15, -0.1) is 0 Å². The van der Waals surface area contributed by atoms with Gasteiger partial charge in [0, 0.05) is 18.3 Å². The summed E-state index contributed by atoms with van der Waals surface area (Å²) in [5.74, 6) is -0.0422. The Kier molecular flexibility index (Phi) is 6.34. The third-order valence-corrected chi connectivity index (χ3v) is 4.34. The van der Waals surface area contributed by atoms with E-state index in [0.29, 0.717) is 18.2 Å². The molecule has 2 N–H and O–H groups in total. The Morgan fingerprint density at radius 1 is 1.41 bits per heavy atom. The number of carbonyl (C=O) groups excluding carboxylic acids is 1. The van der Waals surface area contributed by atoms with E-state index in [9.17, 15) is 9.90 Å². The molecule has 122 valence electrons. The predicted molar refractivity (Wildman–Crippen MR) is 87.0 cm³/mol. The lowest BCUT2D eigenvalue weighted by Gasteiger charge is -2.22. The molecule has 1 aliphatic heterocycles. The van der Waals surface area contributed by atoms with E-state index in [2.05, 4.69) is 15.2 Å². The molecular formula is C17H27N3O2. The Balaban J connectivity index is 1.67. The highest BCUT2D eigenvalue weighted by molar-refractivity contribution is 5.95. The maximum absolute atomic E-state index is 12.1. The monoisotopic (exact) mass is 305 g/mol. The van der Waals surface area contributed by atoms with Crippen molar-refractivity contribution in [3.63, 3.8) is 0 Å². The molecule has 5 heteroatoms. The van der Waals surface area contributed by atoms with Gasteiger partial charge in [-0.1, -0.05) is 0 Å². The summed E-state index contributed by atoms with van der Waals surface area (Å²) in [6.07, 6.45) is 4.29. The van der Waals surface area contributed by atoms with Crippen molar-refractivity contribution in [2.45, 2.75) is 45.6 Å². The Morgan fingerprint density at radius 2 is 2.23 bits per heavy atom. The summed E-state index contributed by atoms with van der Waals surface area (Å²) < 4.78 is 0. The summed E-state index contributed by atoms with van der Waals surface area (Å²) in [5.41, 5.74) is 2.36. The predicted octanol–water partition coefficient (Wildman–Crippen LogP) is 1.67. The number of aliphatic hydroxyl groups is 1. The van der Waals surface area contributed by atoms with Crippen LogP contribution in [-0.2, 0) is 0 Å². The normalized spacial score (nSPS) is 18.6. The molecule has 1 fully saturated rings. The quantitative estimate of drug-likeness (QED) is 0.752. The van der Waals surface area contributed by atoms with Crippen LogP contribution in [-0.4, -0.2) is 53.2 Å². The van der Waals surface area contributed by atoms with Crippen LogP contribution in [0.15, 0.2) is 12.1 Å². The van der Waals surface area contributed by atoms with Crippen LogP contribution in [0.5, 0.6) is 0 Å². The maximum Gasteiger partial charge on any atom is 0.253 e. The lowest BCUT2D eigenvalue weighted by atomic mass is 10.1. The standard InChI is InChI=1S/C17H27N3O2/c1-13-7-8-16(14(2)19-13)17(22)18-9-3-4-10-20-11-5-6-15(20)12-21/h7-8,15,21H,3-6,9-12H2,1-2H3,(H,18,22). The molecule has 0 aliphatic carbocycles. The molecule has 0 radical (unpaired) electrons. The third kappa shape index (κ3) is 4.52.